The maximum atomic E-state index is 10.1. The van der Waals surface area contributed by atoms with Gasteiger partial charge in [-0.25, -0.2) is 0 Å². The zero-order valence-corrected chi connectivity index (χ0v) is 13.8. The quantitative estimate of drug-likeness (QED) is 0.697. The summed E-state index contributed by atoms with van der Waals surface area (Å²) in [7, 11) is 0. The number of aromatic hydroxyl groups is 1. The summed E-state index contributed by atoms with van der Waals surface area (Å²) in [6, 6.07) is 14.4. The van der Waals surface area contributed by atoms with Crippen molar-refractivity contribution in [2.45, 2.75) is 19.8 Å². The van der Waals surface area contributed by atoms with Crippen LogP contribution in [0.15, 0.2) is 47.5 Å². The average molecular weight is 319 g/mol. The molecule has 4 nitrogen and oxygen atoms in total. The predicted octanol–water partition coefficient (Wildman–Crippen LogP) is 4.53. The molecule has 2 heterocycles. The summed E-state index contributed by atoms with van der Waals surface area (Å²) < 4.78 is 0. The van der Waals surface area contributed by atoms with Crippen molar-refractivity contribution in [1.82, 2.24) is 4.98 Å². The minimum atomic E-state index is 0.160. The number of anilines is 1. The van der Waals surface area contributed by atoms with Crippen LogP contribution < -0.4 is 4.90 Å². The third-order valence-electron chi connectivity index (χ3n) is 4.64. The van der Waals surface area contributed by atoms with Crippen molar-refractivity contribution in [3.05, 3.63) is 53.6 Å². The molecule has 0 spiro atoms. The van der Waals surface area contributed by atoms with Crippen molar-refractivity contribution in [2.75, 3.05) is 18.0 Å². The summed E-state index contributed by atoms with van der Waals surface area (Å²) in [4.78, 5) is 9.93. The van der Waals surface area contributed by atoms with E-state index in [0.717, 1.165) is 40.8 Å². The van der Waals surface area contributed by atoms with E-state index in [1.807, 2.05) is 31.2 Å². The molecule has 1 fully saturated rings. The molecule has 1 saturated heterocycles. The second-order valence-electron chi connectivity index (χ2n) is 6.41. The minimum absolute atomic E-state index is 0.160. The highest BCUT2D eigenvalue weighted by atomic mass is 16.3. The van der Waals surface area contributed by atoms with Crippen LogP contribution in [0.2, 0.25) is 0 Å². The molecule has 0 saturated carbocycles. The summed E-state index contributed by atoms with van der Waals surface area (Å²) in [5, 5.41) is 11.1. The molecule has 122 valence electrons. The lowest BCUT2D eigenvalue weighted by Gasteiger charge is -2.17. The second kappa shape index (κ2) is 6.04. The van der Waals surface area contributed by atoms with E-state index in [9.17, 15) is 5.11 Å². The molecular formula is C20H21N3O. The Kier molecular flexibility index (Phi) is 3.73. The molecular weight excluding hydrogens is 298 g/mol. The SMILES string of the molecule is Cc1ccc2[nH]c(O)c(C=Nc3ccc(N4CCCC4)cc3)c2c1. The van der Waals surface area contributed by atoms with Gasteiger partial charge in [0, 0.05) is 35.9 Å². The monoisotopic (exact) mass is 319 g/mol. The largest absolute Gasteiger partial charge is 0.494 e. The number of hydrogen-bond donors (Lipinski definition) is 2. The molecule has 1 aliphatic heterocycles. The Labute approximate surface area is 141 Å². The number of benzene rings is 2. The third-order valence-corrected chi connectivity index (χ3v) is 4.64. The fourth-order valence-electron chi connectivity index (χ4n) is 3.31. The first kappa shape index (κ1) is 14.8. The van der Waals surface area contributed by atoms with Crippen molar-refractivity contribution in [3.8, 4) is 5.88 Å². The van der Waals surface area contributed by atoms with Crippen LogP contribution in [-0.4, -0.2) is 29.4 Å². The Morgan fingerprint density at radius 2 is 1.83 bits per heavy atom. The fourth-order valence-corrected chi connectivity index (χ4v) is 3.31. The summed E-state index contributed by atoms with van der Waals surface area (Å²) >= 11 is 0. The highest BCUT2D eigenvalue weighted by Crippen LogP contribution is 2.28. The van der Waals surface area contributed by atoms with Gasteiger partial charge in [-0.1, -0.05) is 11.6 Å². The van der Waals surface area contributed by atoms with Crippen LogP contribution in [-0.2, 0) is 0 Å². The number of aryl methyl sites for hydroxylation is 1. The molecule has 0 atom stereocenters. The van der Waals surface area contributed by atoms with Gasteiger partial charge in [-0.3, -0.25) is 4.99 Å². The van der Waals surface area contributed by atoms with Crippen molar-refractivity contribution in [1.29, 1.82) is 0 Å². The van der Waals surface area contributed by atoms with Crippen LogP contribution in [0.3, 0.4) is 0 Å². The van der Waals surface area contributed by atoms with Gasteiger partial charge in [0.25, 0.3) is 0 Å². The Morgan fingerprint density at radius 1 is 1.08 bits per heavy atom. The highest BCUT2D eigenvalue weighted by molar-refractivity contribution is 6.02. The standard InChI is InChI=1S/C20H21N3O/c1-14-4-9-19-17(12-14)18(20(24)22-19)13-21-15-5-7-16(8-6-15)23-10-2-3-11-23/h4-9,12-13,22,24H,2-3,10-11H2,1H3. The number of rotatable bonds is 3. The van der Waals surface area contributed by atoms with Gasteiger partial charge in [0.2, 0.25) is 0 Å². The third kappa shape index (κ3) is 2.75. The predicted molar refractivity (Wildman–Crippen MR) is 99.8 cm³/mol. The molecule has 0 bridgehead atoms. The molecule has 1 aliphatic rings. The van der Waals surface area contributed by atoms with Crippen LogP contribution in [0.25, 0.3) is 10.9 Å². The summed E-state index contributed by atoms with van der Waals surface area (Å²) in [6.07, 6.45) is 4.29. The highest BCUT2D eigenvalue weighted by Gasteiger charge is 2.12. The van der Waals surface area contributed by atoms with E-state index in [4.69, 9.17) is 0 Å². The molecule has 4 rings (SSSR count). The maximum Gasteiger partial charge on any atom is 0.198 e. The van der Waals surface area contributed by atoms with E-state index in [1.54, 1.807) is 6.21 Å². The molecule has 2 N–H and O–H groups in total. The number of nitrogens with one attached hydrogen (secondary N) is 1. The Bertz CT molecular complexity index is 887. The van der Waals surface area contributed by atoms with Gasteiger partial charge in [-0.2, -0.15) is 0 Å². The van der Waals surface area contributed by atoms with Gasteiger partial charge in [-0.05, 0) is 56.2 Å². The van der Waals surface area contributed by atoms with E-state index in [1.165, 1.54) is 18.5 Å². The molecule has 0 unspecified atom stereocenters. The van der Waals surface area contributed by atoms with E-state index in [2.05, 4.69) is 33.1 Å². The zero-order chi connectivity index (χ0) is 16.5. The molecule has 4 heteroatoms. The van der Waals surface area contributed by atoms with Gasteiger partial charge < -0.3 is 15.0 Å². The summed E-state index contributed by atoms with van der Waals surface area (Å²) in [5.74, 6) is 0.160. The number of aromatic amines is 1. The number of H-pyrrole nitrogens is 1. The zero-order valence-electron chi connectivity index (χ0n) is 13.8. The molecule has 1 aromatic heterocycles. The average Bonchev–Trinajstić information content (AvgIpc) is 3.21. The van der Waals surface area contributed by atoms with E-state index in [-0.39, 0.29) is 5.88 Å². The van der Waals surface area contributed by atoms with E-state index < -0.39 is 0 Å². The van der Waals surface area contributed by atoms with Crippen LogP contribution in [0.1, 0.15) is 24.0 Å². The van der Waals surface area contributed by atoms with Crippen molar-refractivity contribution in [3.63, 3.8) is 0 Å². The topological polar surface area (TPSA) is 51.6 Å². The first-order valence-electron chi connectivity index (χ1n) is 8.41. The lowest BCUT2D eigenvalue weighted by atomic mass is 10.1. The Hall–Kier alpha value is -2.75. The van der Waals surface area contributed by atoms with Crippen molar-refractivity contribution < 1.29 is 5.11 Å². The van der Waals surface area contributed by atoms with Gasteiger partial charge >= 0.3 is 0 Å². The molecule has 0 aliphatic carbocycles. The van der Waals surface area contributed by atoms with E-state index in [0.29, 0.717) is 0 Å². The molecule has 2 aromatic carbocycles. The summed E-state index contributed by atoms with van der Waals surface area (Å²) in [6.45, 7) is 4.33. The van der Waals surface area contributed by atoms with E-state index >= 15 is 0 Å². The van der Waals surface area contributed by atoms with Gasteiger partial charge in [0.05, 0.1) is 11.3 Å². The van der Waals surface area contributed by atoms with Crippen molar-refractivity contribution in [2.24, 2.45) is 4.99 Å². The maximum absolute atomic E-state index is 10.1. The van der Waals surface area contributed by atoms with Gasteiger partial charge in [0.1, 0.15) is 0 Å². The molecule has 0 radical (unpaired) electrons. The van der Waals surface area contributed by atoms with Crippen LogP contribution in [0.5, 0.6) is 5.88 Å². The second-order valence-corrected chi connectivity index (χ2v) is 6.41. The number of hydrogen-bond acceptors (Lipinski definition) is 3. The van der Waals surface area contributed by atoms with Gasteiger partial charge in [-0.15, -0.1) is 0 Å². The molecule has 0 amide bonds. The number of aliphatic imine (C=N–C) groups is 1. The van der Waals surface area contributed by atoms with Crippen molar-refractivity contribution >= 4 is 28.5 Å². The van der Waals surface area contributed by atoms with Gasteiger partial charge in [0.15, 0.2) is 5.88 Å². The van der Waals surface area contributed by atoms with Crippen LogP contribution in [0.4, 0.5) is 11.4 Å². The van der Waals surface area contributed by atoms with Crippen LogP contribution in [0, 0.1) is 6.92 Å². The lowest BCUT2D eigenvalue weighted by molar-refractivity contribution is 0.457. The number of fused-ring (bicyclic) bond motifs is 1. The smallest absolute Gasteiger partial charge is 0.198 e. The molecule has 3 aromatic rings. The van der Waals surface area contributed by atoms with Crippen LogP contribution >= 0.6 is 0 Å². The minimum Gasteiger partial charge on any atom is -0.494 e. The molecule has 24 heavy (non-hydrogen) atoms. The first-order valence-corrected chi connectivity index (χ1v) is 8.41. The number of aromatic nitrogens is 1. The Balaban J connectivity index is 1.60. The summed E-state index contributed by atoms with van der Waals surface area (Å²) in [5.41, 5.74) is 4.96. The first-order chi connectivity index (χ1) is 11.7. The fraction of sp³-hybridized carbons (Fsp3) is 0.250. The lowest BCUT2D eigenvalue weighted by Crippen LogP contribution is -2.17. The Morgan fingerprint density at radius 3 is 2.58 bits per heavy atom. The number of nitrogens with zero attached hydrogens (tertiary/aromatic N) is 2. The normalized spacial score (nSPS) is 15.0.